The summed E-state index contributed by atoms with van der Waals surface area (Å²) in [6, 6.07) is 9.55. The smallest absolute Gasteiger partial charge is 0.273 e. The van der Waals surface area contributed by atoms with Crippen LogP contribution in [0.2, 0.25) is 0 Å². The number of ether oxygens (including phenoxy) is 1. The van der Waals surface area contributed by atoms with Crippen LogP contribution in [-0.2, 0) is 0 Å². The van der Waals surface area contributed by atoms with Crippen molar-refractivity contribution in [3.63, 3.8) is 0 Å². The lowest BCUT2D eigenvalue weighted by Gasteiger charge is -2.14. The quantitative estimate of drug-likeness (QED) is 0.721. The molecule has 1 aliphatic rings. The van der Waals surface area contributed by atoms with E-state index in [0.29, 0.717) is 23.3 Å². The van der Waals surface area contributed by atoms with Crippen LogP contribution < -0.4 is 10.1 Å². The Kier molecular flexibility index (Phi) is 4.57. The number of anilines is 2. The standard InChI is InChI=1S/C18H19N5O2S/c1-25-14-4-2-13(3-5-14)20-18-21-16(11-26-18)17(24)23-9-7-12(10-23)15-6-8-19-22-15/h2-6,8,11-12H,7,9-10H2,1H3,(H,19,22)(H,20,21). The molecule has 1 atom stereocenters. The summed E-state index contributed by atoms with van der Waals surface area (Å²) in [5.74, 6) is 1.09. The normalized spacial score (nSPS) is 16.7. The molecule has 8 heteroatoms. The van der Waals surface area contributed by atoms with Crippen molar-refractivity contribution in [3.8, 4) is 5.75 Å². The zero-order valence-corrected chi connectivity index (χ0v) is 15.1. The number of amides is 1. The predicted octanol–water partition coefficient (Wildman–Crippen LogP) is 3.25. The molecule has 0 radical (unpaired) electrons. The molecule has 2 N–H and O–H groups in total. The number of benzene rings is 1. The Bertz CT molecular complexity index is 875. The number of thiazole rings is 1. The molecule has 0 spiro atoms. The van der Waals surface area contributed by atoms with Gasteiger partial charge in [-0.25, -0.2) is 4.98 Å². The lowest BCUT2D eigenvalue weighted by atomic mass is 10.1. The molecule has 26 heavy (non-hydrogen) atoms. The average Bonchev–Trinajstić information content (AvgIpc) is 3.42. The van der Waals surface area contributed by atoms with Gasteiger partial charge in [0.15, 0.2) is 5.13 Å². The third-order valence-electron chi connectivity index (χ3n) is 4.50. The van der Waals surface area contributed by atoms with Crippen LogP contribution in [0.4, 0.5) is 10.8 Å². The van der Waals surface area contributed by atoms with Gasteiger partial charge in [-0.1, -0.05) is 0 Å². The minimum atomic E-state index is -0.0222. The highest BCUT2D eigenvalue weighted by Gasteiger charge is 2.29. The number of aromatic amines is 1. The van der Waals surface area contributed by atoms with Gasteiger partial charge in [0.1, 0.15) is 11.4 Å². The fourth-order valence-corrected chi connectivity index (χ4v) is 3.79. The van der Waals surface area contributed by atoms with Crippen molar-refractivity contribution >= 4 is 28.1 Å². The van der Waals surface area contributed by atoms with Gasteiger partial charge in [-0.15, -0.1) is 11.3 Å². The molecule has 0 saturated carbocycles. The number of carbonyl (C=O) groups excluding carboxylic acids is 1. The molecular formula is C18H19N5O2S. The van der Waals surface area contributed by atoms with Gasteiger partial charge in [0.2, 0.25) is 0 Å². The summed E-state index contributed by atoms with van der Waals surface area (Å²) in [5, 5.41) is 12.7. The molecule has 1 aliphatic heterocycles. The molecule has 1 unspecified atom stereocenters. The topological polar surface area (TPSA) is 83.1 Å². The second-order valence-electron chi connectivity index (χ2n) is 6.14. The first-order valence-corrected chi connectivity index (χ1v) is 9.26. The number of nitrogens with one attached hydrogen (secondary N) is 2. The molecule has 1 saturated heterocycles. The average molecular weight is 369 g/mol. The van der Waals surface area contributed by atoms with Crippen molar-refractivity contribution < 1.29 is 9.53 Å². The molecule has 1 fully saturated rings. The van der Waals surface area contributed by atoms with Crippen LogP contribution in [0.15, 0.2) is 41.9 Å². The minimum Gasteiger partial charge on any atom is -0.497 e. The summed E-state index contributed by atoms with van der Waals surface area (Å²) < 4.78 is 5.15. The molecule has 3 aromatic rings. The van der Waals surface area contributed by atoms with Crippen molar-refractivity contribution in [2.24, 2.45) is 0 Å². The highest BCUT2D eigenvalue weighted by molar-refractivity contribution is 7.14. The SMILES string of the molecule is COc1ccc(Nc2nc(C(=O)N3CCC(c4ccn[nH]4)C3)cs2)cc1. The Morgan fingerprint density at radius 1 is 1.35 bits per heavy atom. The number of aromatic nitrogens is 3. The summed E-state index contributed by atoms with van der Waals surface area (Å²) in [5.41, 5.74) is 2.47. The molecule has 0 bridgehead atoms. The van der Waals surface area contributed by atoms with Gasteiger partial charge in [0, 0.05) is 42.0 Å². The first-order chi connectivity index (χ1) is 12.7. The molecule has 4 rings (SSSR count). The molecule has 7 nitrogen and oxygen atoms in total. The molecular weight excluding hydrogens is 350 g/mol. The molecule has 3 heterocycles. The number of H-pyrrole nitrogens is 1. The highest BCUT2D eigenvalue weighted by Crippen LogP contribution is 2.28. The fraction of sp³-hybridized carbons (Fsp3) is 0.278. The number of hydrogen-bond donors (Lipinski definition) is 2. The Labute approximate surface area is 155 Å². The van der Waals surface area contributed by atoms with Crippen LogP contribution in [0.5, 0.6) is 5.75 Å². The van der Waals surface area contributed by atoms with Crippen molar-refractivity contribution in [3.05, 3.63) is 53.3 Å². The first kappa shape index (κ1) is 16.6. The van der Waals surface area contributed by atoms with E-state index in [4.69, 9.17) is 4.74 Å². The number of likely N-dealkylation sites (tertiary alicyclic amines) is 1. The van der Waals surface area contributed by atoms with Crippen molar-refractivity contribution in [1.29, 1.82) is 0 Å². The van der Waals surface area contributed by atoms with E-state index in [9.17, 15) is 4.79 Å². The second kappa shape index (κ2) is 7.17. The maximum atomic E-state index is 12.7. The molecule has 1 amide bonds. The van der Waals surface area contributed by atoms with Crippen molar-refractivity contribution in [2.75, 3.05) is 25.5 Å². The van der Waals surface area contributed by atoms with E-state index in [0.717, 1.165) is 30.1 Å². The van der Waals surface area contributed by atoms with E-state index < -0.39 is 0 Å². The van der Waals surface area contributed by atoms with Gasteiger partial charge in [-0.05, 0) is 36.8 Å². The van der Waals surface area contributed by atoms with E-state index in [-0.39, 0.29) is 5.91 Å². The first-order valence-electron chi connectivity index (χ1n) is 8.38. The van der Waals surface area contributed by atoms with Gasteiger partial charge >= 0.3 is 0 Å². The number of rotatable bonds is 5. The largest absolute Gasteiger partial charge is 0.497 e. The van der Waals surface area contributed by atoms with Gasteiger partial charge in [0.05, 0.1) is 7.11 Å². The number of nitrogens with zero attached hydrogens (tertiary/aromatic N) is 3. The van der Waals surface area contributed by atoms with Gasteiger partial charge in [0.25, 0.3) is 5.91 Å². The zero-order chi connectivity index (χ0) is 17.9. The van der Waals surface area contributed by atoms with Crippen LogP contribution in [-0.4, -0.2) is 46.2 Å². The Morgan fingerprint density at radius 2 is 2.19 bits per heavy atom. The number of methoxy groups -OCH3 is 1. The molecule has 1 aromatic carbocycles. The number of hydrogen-bond acceptors (Lipinski definition) is 6. The maximum absolute atomic E-state index is 12.7. The van der Waals surface area contributed by atoms with Crippen LogP contribution >= 0.6 is 11.3 Å². The lowest BCUT2D eigenvalue weighted by Crippen LogP contribution is -2.28. The summed E-state index contributed by atoms with van der Waals surface area (Å²) in [4.78, 5) is 19.0. The third kappa shape index (κ3) is 3.41. The Balaban J connectivity index is 1.40. The maximum Gasteiger partial charge on any atom is 0.273 e. The number of carbonyl (C=O) groups is 1. The van der Waals surface area contributed by atoms with Crippen molar-refractivity contribution in [2.45, 2.75) is 12.3 Å². The predicted molar refractivity (Wildman–Crippen MR) is 100 cm³/mol. The van der Waals surface area contributed by atoms with Crippen LogP contribution in [0.25, 0.3) is 0 Å². The third-order valence-corrected chi connectivity index (χ3v) is 5.26. The highest BCUT2D eigenvalue weighted by atomic mass is 32.1. The van der Waals surface area contributed by atoms with E-state index in [1.54, 1.807) is 18.7 Å². The lowest BCUT2D eigenvalue weighted by molar-refractivity contribution is 0.0786. The van der Waals surface area contributed by atoms with Crippen LogP contribution in [0.3, 0.4) is 0 Å². The van der Waals surface area contributed by atoms with Crippen LogP contribution in [0.1, 0.15) is 28.5 Å². The molecule has 134 valence electrons. The van der Waals surface area contributed by atoms with Gasteiger partial charge in [-0.3, -0.25) is 9.89 Å². The van der Waals surface area contributed by atoms with Gasteiger partial charge in [-0.2, -0.15) is 5.10 Å². The Morgan fingerprint density at radius 3 is 2.92 bits per heavy atom. The minimum absolute atomic E-state index is 0.0222. The molecule has 0 aliphatic carbocycles. The fourth-order valence-electron chi connectivity index (χ4n) is 3.08. The molecule has 2 aromatic heterocycles. The monoisotopic (exact) mass is 369 g/mol. The Hall–Kier alpha value is -2.87. The van der Waals surface area contributed by atoms with E-state index in [1.165, 1.54) is 11.3 Å². The van der Waals surface area contributed by atoms with E-state index >= 15 is 0 Å². The summed E-state index contributed by atoms with van der Waals surface area (Å²) in [7, 11) is 1.64. The second-order valence-corrected chi connectivity index (χ2v) is 7.00. The van der Waals surface area contributed by atoms with E-state index in [1.807, 2.05) is 35.2 Å². The summed E-state index contributed by atoms with van der Waals surface area (Å²) >= 11 is 1.42. The van der Waals surface area contributed by atoms with E-state index in [2.05, 4.69) is 20.5 Å². The summed E-state index contributed by atoms with van der Waals surface area (Å²) in [6.45, 7) is 1.43. The van der Waals surface area contributed by atoms with Gasteiger partial charge < -0.3 is 15.0 Å². The van der Waals surface area contributed by atoms with Crippen LogP contribution in [0, 0.1) is 0 Å². The van der Waals surface area contributed by atoms with Crippen molar-refractivity contribution in [1.82, 2.24) is 20.1 Å². The zero-order valence-electron chi connectivity index (χ0n) is 14.3. The summed E-state index contributed by atoms with van der Waals surface area (Å²) in [6.07, 6.45) is 2.69.